The molecule has 0 N–H and O–H groups in total. The van der Waals surface area contributed by atoms with Gasteiger partial charge >= 0.3 is 0 Å². The van der Waals surface area contributed by atoms with Crippen molar-refractivity contribution in [1.82, 2.24) is 0 Å². The zero-order chi connectivity index (χ0) is 23.9. The van der Waals surface area contributed by atoms with Gasteiger partial charge < -0.3 is 0 Å². The predicted octanol–water partition coefficient (Wildman–Crippen LogP) is 11.6. The lowest BCUT2D eigenvalue weighted by Crippen LogP contribution is -2.19. The van der Waals surface area contributed by atoms with Gasteiger partial charge in [-0.15, -0.1) is 0 Å². The van der Waals surface area contributed by atoms with Crippen LogP contribution in [-0.4, -0.2) is 23.0 Å². The van der Waals surface area contributed by atoms with Gasteiger partial charge in [0, 0.05) is 10.5 Å². The second kappa shape index (κ2) is 24.8. The van der Waals surface area contributed by atoms with Crippen molar-refractivity contribution in [1.29, 1.82) is 0 Å². The van der Waals surface area contributed by atoms with Crippen LogP contribution in [0, 0.1) is 11.8 Å². The topological polar surface area (TPSA) is 0 Å². The Hall–Kier alpha value is 0.700. The molecule has 2 unspecified atom stereocenters. The zero-order valence-corrected chi connectivity index (χ0v) is 24.9. The highest BCUT2D eigenvalue weighted by atomic mass is 32.2. The van der Waals surface area contributed by atoms with E-state index in [0.29, 0.717) is 0 Å². The maximum atomic E-state index is 2.35. The predicted molar refractivity (Wildman–Crippen MR) is 157 cm³/mol. The summed E-state index contributed by atoms with van der Waals surface area (Å²) in [6.45, 7) is 9.39. The van der Waals surface area contributed by atoms with Crippen LogP contribution in [0.5, 0.6) is 0 Å². The summed E-state index contributed by atoms with van der Waals surface area (Å²) in [4.78, 5) is 0. The van der Waals surface area contributed by atoms with E-state index in [9.17, 15) is 0 Å². The van der Waals surface area contributed by atoms with Gasteiger partial charge in [0.15, 0.2) is 0 Å². The highest BCUT2D eigenvalue weighted by Gasteiger charge is 2.19. The first-order chi connectivity index (χ1) is 15.5. The van der Waals surface area contributed by atoms with Gasteiger partial charge in [-0.2, -0.15) is 23.5 Å². The Bertz CT molecular complexity index is 353. The molecule has 32 heavy (non-hydrogen) atoms. The number of hydrogen-bond donors (Lipinski definition) is 0. The third kappa shape index (κ3) is 22.5. The first kappa shape index (κ1) is 32.7. The molecule has 0 spiro atoms. The van der Waals surface area contributed by atoms with Gasteiger partial charge in [0.25, 0.3) is 0 Å². The molecule has 194 valence electrons. The van der Waals surface area contributed by atoms with E-state index < -0.39 is 0 Å². The molecule has 0 heterocycles. The first-order valence-corrected chi connectivity index (χ1v) is 17.1. The van der Waals surface area contributed by atoms with E-state index in [1.807, 2.05) is 0 Å². The van der Waals surface area contributed by atoms with E-state index in [1.54, 1.807) is 0 Å². The molecule has 2 atom stereocenters. The molecule has 0 aromatic carbocycles. The van der Waals surface area contributed by atoms with Crippen molar-refractivity contribution in [2.75, 3.05) is 12.5 Å². The van der Waals surface area contributed by atoms with E-state index in [4.69, 9.17) is 0 Å². The Morgan fingerprint density at radius 2 is 0.562 bits per heavy atom. The Labute approximate surface area is 214 Å². The normalized spacial score (nSPS) is 13.9. The lowest BCUT2D eigenvalue weighted by atomic mass is 10.0. The van der Waals surface area contributed by atoms with Crippen molar-refractivity contribution < 1.29 is 0 Å². The first-order valence-electron chi connectivity index (χ1n) is 14.6. The summed E-state index contributed by atoms with van der Waals surface area (Å²) < 4.78 is 0. The highest BCUT2D eigenvalue weighted by molar-refractivity contribution is 8.03. The van der Waals surface area contributed by atoms with Gasteiger partial charge in [-0.3, -0.25) is 0 Å². The maximum Gasteiger partial charge on any atom is 0.0163 e. The minimum atomic E-state index is 0.877. The monoisotopic (exact) mass is 486 g/mol. The molecule has 0 saturated carbocycles. The Morgan fingerprint density at radius 3 is 0.781 bits per heavy atom. The third-order valence-electron chi connectivity index (χ3n) is 7.06. The van der Waals surface area contributed by atoms with E-state index in [1.165, 1.54) is 128 Å². The van der Waals surface area contributed by atoms with E-state index in [2.05, 4.69) is 63.7 Å². The average molecular weight is 487 g/mol. The molecule has 0 bridgehead atoms. The van der Waals surface area contributed by atoms with Crippen molar-refractivity contribution in [2.45, 2.75) is 167 Å². The molecule has 0 radical (unpaired) electrons. The van der Waals surface area contributed by atoms with Crippen LogP contribution >= 0.6 is 23.5 Å². The molecule has 0 aromatic heterocycles. The smallest absolute Gasteiger partial charge is 0.0163 e. The van der Waals surface area contributed by atoms with Crippen LogP contribution in [0.4, 0.5) is 0 Å². The van der Waals surface area contributed by atoms with Crippen LogP contribution in [0.2, 0.25) is 0 Å². The summed E-state index contributed by atoms with van der Waals surface area (Å²) in [6.07, 6.45) is 33.8. The molecule has 0 amide bonds. The molecular formula is C30H62S2. The molecule has 0 saturated heterocycles. The Balaban J connectivity index is 3.62. The standard InChI is InChI=1S/C30H62S2/c1-27(2)23-19-15-11-8-7-9-13-17-21-25-29(31-5)30(32-6)26-22-18-14-10-12-16-20-24-28(3)4/h27-30H,7-26H2,1-6H3. The fraction of sp³-hybridized carbons (Fsp3) is 1.00. The van der Waals surface area contributed by atoms with Crippen molar-refractivity contribution in [3.05, 3.63) is 0 Å². The fourth-order valence-electron chi connectivity index (χ4n) is 4.83. The van der Waals surface area contributed by atoms with Gasteiger partial charge in [-0.05, 0) is 37.2 Å². The molecular weight excluding hydrogens is 424 g/mol. The van der Waals surface area contributed by atoms with Crippen LogP contribution in [0.1, 0.15) is 156 Å². The lowest BCUT2D eigenvalue weighted by molar-refractivity contribution is 0.500. The molecule has 0 aliphatic carbocycles. The van der Waals surface area contributed by atoms with Gasteiger partial charge in [-0.1, -0.05) is 143 Å². The quantitative estimate of drug-likeness (QED) is 0.118. The largest absolute Gasteiger partial charge is 0.161 e. The summed E-state index contributed by atoms with van der Waals surface area (Å²) in [5, 5.41) is 1.75. The number of unbranched alkanes of at least 4 members (excludes halogenated alkanes) is 14. The van der Waals surface area contributed by atoms with Crippen molar-refractivity contribution in [3.8, 4) is 0 Å². The van der Waals surface area contributed by atoms with Crippen LogP contribution in [0.3, 0.4) is 0 Å². The van der Waals surface area contributed by atoms with Gasteiger partial charge in [0.05, 0.1) is 0 Å². The number of thioether (sulfide) groups is 2. The van der Waals surface area contributed by atoms with Crippen LogP contribution in [-0.2, 0) is 0 Å². The third-order valence-corrected chi connectivity index (χ3v) is 9.57. The van der Waals surface area contributed by atoms with E-state index >= 15 is 0 Å². The zero-order valence-electron chi connectivity index (χ0n) is 23.3. The lowest BCUT2D eigenvalue weighted by Gasteiger charge is -2.24. The van der Waals surface area contributed by atoms with Gasteiger partial charge in [0.1, 0.15) is 0 Å². The van der Waals surface area contributed by atoms with E-state index in [0.717, 1.165) is 22.3 Å². The second-order valence-electron chi connectivity index (χ2n) is 11.1. The molecule has 0 aliphatic rings. The minimum Gasteiger partial charge on any atom is -0.161 e. The highest BCUT2D eigenvalue weighted by Crippen LogP contribution is 2.30. The molecule has 0 rings (SSSR count). The van der Waals surface area contributed by atoms with Crippen LogP contribution in [0.15, 0.2) is 0 Å². The fourth-order valence-corrected chi connectivity index (χ4v) is 7.18. The summed E-state index contributed by atoms with van der Waals surface area (Å²) in [6, 6.07) is 0. The molecule has 2 heteroatoms. The minimum absolute atomic E-state index is 0.877. The second-order valence-corrected chi connectivity index (χ2v) is 13.3. The number of hydrogen-bond acceptors (Lipinski definition) is 2. The SMILES string of the molecule is CSC(CCCCCCCCCCCC(C)C)C(CCCCCCCCCC(C)C)SC. The summed E-state index contributed by atoms with van der Waals surface area (Å²) in [7, 11) is 0. The van der Waals surface area contributed by atoms with Crippen LogP contribution < -0.4 is 0 Å². The summed E-state index contributed by atoms with van der Waals surface area (Å²) >= 11 is 4.29. The van der Waals surface area contributed by atoms with Crippen molar-refractivity contribution >= 4 is 23.5 Å². The molecule has 0 aromatic rings. The maximum absolute atomic E-state index is 2.35. The molecule has 0 aliphatic heterocycles. The Morgan fingerprint density at radius 1 is 0.344 bits per heavy atom. The van der Waals surface area contributed by atoms with E-state index in [-0.39, 0.29) is 0 Å². The van der Waals surface area contributed by atoms with Crippen molar-refractivity contribution in [2.24, 2.45) is 11.8 Å². The molecule has 0 nitrogen and oxygen atoms in total. The number of rotatable bonds is 25. The average Bonchev–Trinajstić information content (AvgIpc) is 2.76. The van der Waals surface area contributed by atoms with Crippen LogP contribution in [0.25, 0.3) is 0 Å². The molecule has 0 fully saturated rings. The summed E-state index contributed by atoms with van der Waals surface area (Å²) in [5.41, 5.74) is 0. The Kier molecular flexibility index (Phi) is 25.4. The summed E-state index contributed by atoms with van der Waals surface area (Å²) in [5.74, 6) is 1.78. The van der Waals surface area contributed by atoms with Gasteiger partial charge in [0.2, 0.25) is 0 Å². The van der Waals surface area contributed by atoms with Gasteiger partial charge in [-0.25, -0.2) is 0 Å². The van der Waals surface area contributed by atoms with Crippen molar-refractivity contribution in [3.63, 3.8) is 0 Å².